The first-order chi connectivity index (χ1) is 8.38. The van der Waals surface area contributed by atoms with E-state index in [-0.39, 0.29) is 0 Å². The Kier molecular flexibility index (Phi) is 4.90. The number of allylic oxidation sites excluding steroid dienone is 2. The predicted molar refractivity (Wildman–Crippen MR) is 73.5 cm³/mol. The minimum absolute atomic E-state index is 0.327. The van der Waals surface area contributed by atoms with E-state index in [1.807, 2.05) is 6.08 Å². The fourth-order valence-electron chi connectivity index (χ4n) is 1.84. The van der Waals surface area contributed by atoms with Crippen LogP contribution >= 0.6 is 0 Å². The van der Waals surface area contributed by atoms with Gasteiger partial charge in [-0.3, -0.25) is 0 Å². The van der Waals surface area contributed by atoms with E-state index in [1.54, 1.807) is 0 Å². The molecule has 0 bridgehead atoms. The van der Waals surface area contributed by atoms with Crippen LogP contribution in [0.3, 0.4) is 0 Å². The molecule has 2 heteroatoms. The van der Waals surface area contributed by atoms with E-state index in [0.717, 1.165) is 25.7 Å². The summed E-state index contributed by atoms with van der Waals surface area (Å²) < 4.78 is 8.62. The number of ether oxygens (including phenoxy) is 1. The van der Waals surface area contributed by atoms with Crippen molar-refractivity contribution in [3.05, 3.63) is 53.7 Å². The number of hydrogen-bond acceptors (Lipinski definition) is 1. The first-order valence-corrected chi connectivity index (χ1v) is 7.80. The van der Waals surface area contributed by atoms with Crippen LogP contribution in [0.15, 0.2) is 53.7 Å². The van der Waals surface area contributed by atoms with Crippen molar-refractivity contribution in [3.63, 3.8) is 0 Å². The van der Waals surface area contributed by atoms with Gasteiger partial charge in [-0.05, 0) is 0 Å². The van der Waals surface area contributed by atoms with E-state index in [9.17, 15) is 0 Å². The van der Waals surface area contributed by atoms with Crippen molar-refractivity contribution in [1.82, 2.24) is 0 Å². The van der Waals surface area contributed by atoms with Crippen molar-refractivity contribution in [1.29, 1.82) is 0 Å². The molecule has 1 nitrogen and oxygen atoms in total. The number of hydrogen-bond donors (Lipinski definition) is 0. The molecule has 90 valence electrons. The van der Waals surface area contributed by atoms with E-state index in [0.29, 0.717) is 21.1 Å². The Hall–Kier alpha value is -0.981. The van der Waals surface area contributed by atoms with Gasteiger partial charge in [0.2, 0.25) is 0 Å². The van der Waals surface area contributed by atoms with Crippen molar-refractivity contribution in [2.75, 3.05) is 0 Å². The van der Waals surface area contributed by atoms with Gasteiger partial charge in [-0.1, -0.05) is 0 Å². The fraction of sp³-hybridized carbons (Fsp3) is 0.333. The van der Waals surface area contributed by atoms with Gasteiger partial charge in [0.25, 0.3) is 0 Å². The first kappa shape index (κ1) is 12.5. The molecule has 0 radical (unpaired) electrons. The monoisotopic (exact) mass is 294 g/mol. The Balaban J connectivity index is 1.89. The zero-order valence-electron chi connectivity index (χ0n) is 9.97. The summed E-state index contributed by atoms with van der Waals surface area (Å²) in [6.07, 6.45) is 9.11. The molecule has 0 saturated carbocycles. The van der Waals surface area contributed by atoms with E-state index < -0.39 is 0 Å². The average molecular weight is 293 g/mol. The SMILES string of the molecule is C=CCCC1CCC=C([Se]c2ccccc2)O1. The summed E-state index contributed by atoms with van der Waals surface area (Å²) in [6, 6.07) is 10.6. The first-order valence-electron chi connectivity index (χ1n) is 6.09. The second-order valence-electron chi connectivity index (χ2n) is 4.12. The van der Waals surface area contributed by atoms with E-state index in [1.165, 1.54) is 9.12 Å². The van der Waals surface area contributed by atoms with Gasteiger partial charge in [0.15, 0.2) is 0 Å². The van der Waals surface area contributed by atoms with Crippen molar-refractivity contribution < 1.29 is 4.74 Å². The summed E-state index contributed by atoms with van der Waals surface area (Å²) in [7, 11) is 0. The molecule has 1 aliphatic heterocycles. The summed E-state index contributed by atoms with van der Waals surface area (Å²) in [5.41, 5.74) is 0. The molecule has 1 unspecified atom stereocenters. The summed E-state index contributed by atoms with van der Waals surface area (Å²) >= 11 is 0.327. The van der Waals surface area contributed by atoms with Crippen LogP contribution in [0.25, 0.3) is 0 Å². The quantitative estimate of drug-likeness (QED) is 0.599. The van der Waals surface area contributed by atoms with Gasteiger partial charge in [-0.25, -0.2) is 0 Å². The van der Waals surface area contributed by atoms with Gasteiger partial charge < -0.3 is 0 Å². The van der Waals surface area contributed by atoms with Crippen LogP contribution in [-0.4, -0.2) is 21.1 Å². The Morgan fingerprint density at radius 3 is 2.94 bits per heavy atom. The van der Waals surface area contributed by atoms with E-state index in [4.69, 9.17) is 4.74 Å². The van der Waals surface area contributed by atoms with Crippen LogP contribution in [0, 0.1) is 0 Å². The third-order valence-corrected chi connectivity index (χ3v) is 4.78. The van der Waals surface area contributed by atoms with Crippen molar-refractivity contribution in [2.24, 2.45) is 0 Å². The molecular weight excluding hydrogens is 275 g/mol. The molecule has 1 aromatic rings. The topological polar surface area (TPSA) is 9.23 Å². The Labute approximate surface area is 110 Å². The maximum atomic E-state index is 6.03. The molecule has 0 N–H and O–H groups in total. The average Bonchev–Trinajstić information content (AvgIpc) is 2.38. The summed E-state index contributed by atoms with van der Waals surface area (Å²) in [5, 5.41) is 0. The molecule has 0 aromatic heterocycles. The molecular formula is C15H18OSe. The van der Waals surface area contributed by atoms with Gasteiger partial charge in [0, 0.05) is 0 Å². The molecule has 2 rings (SSSR count). The van der Waals surface area contributed by atoms with Crippen LogP contribution < -0.4 is 4.46 Å². The molecule has 1 atom stereocenters. The third-order valence-electron chi connectivity index (χ3n) is 2.74. The molecule has 17 heavy (non-hydrogen) atoms. The predicted octanol–water partition coefficient (Wildman–Crippen LogP) is 3.00. The molecule has 0 saturated heterocycles. The van der Waals surface area contributed by atoms with E-state index in [2.05, 4.69) is 43.0 Å². The molecule has 0 spiro atoms. The summed E-state index contributed by atoms with van der Waals surface area (Å²) in [4.78, 5) is 0. The molecule has 1 heterocycles. The van der Waals surface area contributed by atoms with Crippen molar-refractivity contribution in [2.45, 2.75) is 31.8 Å². The second-order valence-corrected chi connectivity index (χ2v) is 6.38. The van der Waals surface area contributed by atoms with Gasteiger partial charge in [-0.15, -0.1) is 0 Å². The molecule has 1 aromatic carbocycles. The minimum atomic E-state index is 0.327. The molecule has 0 aliphatic carbocycles. The molecule has 0 fully saturated rings. The molecule has 1 aliphatic rings. The van der Waals surface area contributed by atoms with Crippen LogP contribution in [0.5, 0.6) is 0 Å². The molecule has 0 amide bonds. The van der Waals surface area contributed by atoms with Gasteiger partial charge in [0.1, 0.15) is 0 Å². The van der Waals surface area contributed by atoms with Crippen LogP contribution in [-0.2, 0) is 4.74 Å². The van der Waals surface area contributed by atoms with Crippen molar-refractivity contribution >= 4 is 19.4 Å². The fourth-order valence-corrected chi connectivity index (χ4v) is 3.75. The zero-order valence-corrected chi connectivity index (χ0v) is 11.7. The standard InChI is InChI=1S/C15H18OSe/c1-2-3-8-13-9-7-12-15(16-13)17-14-10-5-4-6-11-14/h2,4-6,10-13H,1,3,7-9H2. The van der Waals surface area contributed by atoms with Gasteiger partial charge in [-0.2, -0.15) is 0 Å². The maximum absolute atomic E-state index is 6.03. The third kappa shape index (κ3) is 4.07. The Morgan fingerprint density at radius 1 is 1.35 bits per heavy atom. The summed E-state index contributed by atoms with van der Waals surface area (Å²) in [5.74, 6) is 0. The van der Waals surface area contributed by atoms with Crippen LogP contribution in [0.1, 0.15) is 25.7 Å². The zero-order chi connectivity index (χ0) is 11.9. The number of benzene rings is 1. The normalized spacial score (nSPS) is 19.3. The van der Waals surface area contributed by atoms with E-state index >= 15 is 0 Å². The van der Waals surface area contributed by atoms with Crippen molar-refractivity contribution in [3.8, 4) is 0 Å². The van der Waals surface area contributed by atoms with Gasteiger partial charge >= 0.3 is 110 Å². The Bertz CT molecular complexity index is 383. The second kappa shape index (κ2) is 6.68. The van der Waals surface area contributed by atoms with Gasteiger partial charge in [0.05, 0.1) is 0 Å². The Morgan fingerprint density at radius 2 is 2.18 bits per heavy atom. The van der Waals surface area contributed by atoms with Crippen LogP contribution in [0.2, 0.25) is 0 Å². The summed E-state index contributed by atoms with van der Waals surface area (Å²) in [6.45, 7) is 3.77. The number of rotatable bonds is 5. The van der Waals surface area contributed by atoms with Crippen LogP contribution in [0.4, 0.5) is 0 Å².